The Kier molecular flexibility index (Phi) is 3.33. The van der Waals surface area contributed by atoms with Crippen molar-refractivity contribution in [1.29, 1.82) is 0 Å². The molecule has 1 unspecified atom stereocenters. The van der Waals surface area contributed by atoms with E-state index in [1.165, 1.54) is 12.1 Å². The maximum atomic E-state index is 13.2. The lowest BCUT2D eigenvalue weighted by molar-refractivity contribution is 0.591. The molecule has 1 heterocycles. The van der Waals surface area contributed by atoms with Crippen LogP contribution >= 0.6 is 0 Å². The van der Waals surface area contributed by atoms with E-state index in [-0.39, 0.29) is 5.82 Å². The Hall–Kier alpha value is -1.55. The van der Waals surface area contributed by atoms with Gasteiger partial charge in [-0.2, -0.15) is 0 Å². The van der Waals surface area contributed by atoms with Gasteiger partial charge < -0.3 is 5.32 Å². The first-order chi connectivity index (χ1) is 8.10. The van der Waals surface area contributed by atoms with Gasteiger partial charge in [0, 0.05) is 29.6 Å². The molecule has 1 aromatic heterocycles. The highest BCUT2D eigenvalue weighted by Gasteiger charge is 2.08. The van der Waals surface area contributed by atoms with Gasteiger partial charge in [-0.3, -0.25) is 0 Å². The van der Waals surface area contributed by atoms with Crippen molar-refractivity contribution in [1.82, 2.24) is 15.3 Å². The highest BCUT2D eigenvalue weighted by atomic mass is 19.1. The molecule has 0 aliphatic heterocycles. The smallest absolute Gasteiger partial charge is 0.130 e. The lowest BCUT2D eigenvalue weighted by atomic mass is 10.1. The fraction of sp³-hybridized carbons (Fsp3) is 0.385. The van der Waals surface area contributed by atoms with Crippen molar-refractivity contribution < 1.29 is 4.39 Å². The zero-order valence-corrected chi connectivity index (χ0v) is 10.3. The summed E-state index contributed by atoms with van der Waals surface area (Å²) in [4.78, 5) is 8.84. The fourth-order valence-corrected chi connectivity index (χ4v) is 1.79. The summed E-state index contributed by atoms with van der Waals surface area (Å²) in [6.45, 7) is 3.99. The van der Waals surface area contributed by atoms with Crippen LogP contribution in [-0.4, -0.2) is 23.1 Å². The van der Waals surface area contributed by atoms with E-state index in [9.17, 15) is 4.39 Å². The predicted molar refractivity (Wildman–Crippen MR) is 66.5 cm³/mol. The number of aryl methyl sites for hydroxylation is 1. The van der Waals surface area contributed by atoms with E-state index in [1.54, 1.807) is 6.07 Å². The van der Waals surface area contributed by atoms with Gasteiger partial charge in [0.15, 0.2) is 0 Å². The van der Waals surface area contributed by atoms with Crippen LogP contribution in [0.5, 0.6) is 0 Å². The zero-order valence-electron chi connectivity index (χ0n) is 10.3. The number of benzene rings is 1. The van der Waals surface area contributed by atoms with Crippen molar-refractivity contribution in [3.63, 3.8) is 0 Å². The average molecular weight is 233 g/mol. The minimum Gasteiger partial charge on any atom is -0.317 e. The number of fused-ring (bicyclic) bond motifs is 1. The summed E-state index contributed by atoms with van der Waals surface area (Å²) in [6.07, 6.45) is 0.740. The molecule has 2 aromatic rings. The minimum atomic E-state index is -0.261. The van der Waals surface area contributed by atoms with E-state index in [4.69, 9.17) is 0 Å². The molecular weight excluding hydrogens is 217 g/mol. The van der Waals surface area contributed by atoms with Crippen molar-refractivity contribution in [2.24, 2.45) is 0 Å². The van der Waals surface area contributed by atoms with Gasteiger partial charge in [-0.25, -0.2) is 14.4 Å². The molecule has 0 saturated carbocycles. The number of likely N-dealkylation sites (N-methyl/N-ethyl adjacent to an activating group) is 1. The van der Waals surface area contributed by atoms with Crippen molar-refractivity contribution in [2.75, 3.05) is 7.05 Å². The molecule has 0 aliphatic rings. The van der Waals surface area contributed by atoms with Gasteiger partial charge >= 0.3 is 0 Å². The second-order valence-corrected chi connectivity index (χ2v) is 4.28. The molecule has 4 heteroatoms. The second kappa shape index (κ2) is 4.75. The molecule has 0 saturated heterocycles. The normalized spacial score (nSPS) is 12.9. The third-order valence-electron chi connectivity index (χ3n) is 2.88. The van der Waals surface area contributed by atoms with Crippen LogP contribution in [0.15, 0.2) is 18.2 Å². The minimum absolute atomic E-state index is 0.261. The Morgan fingerprint density at radius 3 is 2.82 bits per heavy atom. The van der Waals surface area contributed by atoms with Gasteiger partial charge in [0.05, 0.1) is 5.52 Å². The molecular formula is C13H16FN3. The first-order valence-corrected chi connectivity index (χ1v) is 5.70. The van der Waals surface area contributed by atoms with Gasteiger partial charge in [-0.05, 0) is 33.0 Å². The van der Waals surface area contributed by atoms with Crippen LogP contribution in [-0.2, 0) is 6.42 Å². The molecule has 2 rings (SSSR count). The lowest BCUT2D eigenvalue weighted by Gasteiger charge is -2.10. The Morgan fingerprint density at radius 1 is 1.35 bits per heavy atom. The SMILES string of the molecule is CNC(C)Cc1nc(C)c2ccc(F)cc2n1. The molecule has 1 aromatic carbocycles. The zero-order chi connectivity index (χ0) is 12.4. The number of rotatable bonds is 3. The first-order valence-electron chi connectivity index (χ1n) is 5.70. The monoisotopic (exact) mass is 233 g/mol. The number of hydrogen-bond donors (Lipinski definition) is 1. The van der Waals surface area contributed by atoms with Gasteiger partial charge in [-0.1, -0.05) is 0 Å². The summed E-state index contributed by atoms with van der Waals surface area (Å²) in [5.41, 5.74) is 1.57. The summed E-state index contributed by atoms with van der Waals surface area (Å²) in [6, 6.07) is 4.93. The summed E-state index contributed by atoms with van der Waals surface area (Å²) in [5.74, 6) is 0.491. The van der Waals surface area contributed by atoms with Crippen LogP contribution in [0.25, 0.3) is 10.9 Å². The number of nitrogens with one attached hydrogen (secondary N) is 1. The van der Waals surface area contributed by atoms with Gasteiger partial charge in [0.1, 0.15) is 11.6 Å². The van der Waals surface area contributed by atoms with Crippen molar-refractivity contribution in [3.8, 4) is 0 Å². The molecule has 0 radical (unpaired) electrons. The molecule has 3 nitrogen and oxygen atoms in total. The van der Waals surface area contributed by atoms with Crippen LogP contribution in [0.1, 0.15) is 18.4 Å². The van der Waals surface area contributed by atoms with Gasteiger partial charge in [0.2, 0.25) is 0 Å². The molecule has 17 heavy (non-hydrogen) atoms. The molecule has 0 aliphatic carbocycles. The summed E-state index contributed by atoms with van der Waals surface area (Å²) in [7, 11) is 1.90. The average Bonchev–Trinajstić information content (AvgIpc) is 2.28. The number of hydrogen-bond acceptors (Lipinski definition) is 3. The van der Waals surface area contributed by atoms with E-state index in [2.05, 4.69) is 22.2 Å². The lowest BCUT2D eigenvalue weighted by Crippen LogP contribution is -2.24. The van der Waals surface area contributed by atoms with Gasteiger partial charge in [0.25, 0.3) is 0 Å². The third-order valence-corrected chi connectivity index (χ3v) is 2.88. The second-order valence-electron chi connectivity index (χ2n) is 4.28. The molecule has 0 fully saturated rings. The highest BCUT2D eigenvalue weighted by molar-refractivity contribution is 5.80. The summed E-state index contributed by atoms with van der Waals surface area (Å²) in [5, 5.41) is 4.05. The fourth-order valence-electron chi connectivity index (χ4n) is 1.79. The Bertz CT molecular complexity index is 539. The van der Waals surface area contributed by atoms with Crippen LogP contribution in [0.2, 0.25) is 0 Å². The van der Waals surface area contributed by atoms with E-state index < -0.39 is 0 Å². The number of aromatic nitrogens is 2. The molecule has 1 atom stereocenters. The van der Waals surface area contributed by atoms with Crippen LogP contribution < -0.4 is 5.32 Å². The van der Waals surface area contributed by atoms with Crippen LogP contribution in [0, 0.1) is 12.7 Å². The highest BCUT2D eigenvalue weighted by Crippen LogP contribution is 2.16. The molecule has 0 bridgehead atoms. The molecule has 1 N–H and O–H groups in total. The predicted octanol–water partition coefficient (Wildman–Crippen LogP) is 2.23. The molecule has 0 amide bonds. The summed E-state index contributed by atoms with van der Waals surface area (Å²) < 4.78 is 13.2. The van der Waals surface area contributed by atoms with Crippen LogP contribution in [0.3, 0.4) is 0 Å². The van der Waals surface area contributed by atoms with E-state index in [1.807, 2.05) is 14.0 Å². The maximum Gasteiger partial charge on any atom is 0.130 e. The topological polar surface area (TPSA) is 37.8 Å². The van der Waals surface area contributed by atoms with Crippen molar-refractivity contribution in [2.45, 2.75) is 26.3 Å². The molecule has 0 spiro atoms. The van der Waals surface area contributed by atoms with Crippen LogP contribution in [0.4, 0.5) is 4.39 Å². The van der Waals surface area contributed by atoms with Crippen molar-refractivity contribution >= 4 is 10.9 Å². The standard InChI is InChI=1S/C13H16FN3/c1-8(15-3)6-13-16-9(2)11-5-4-10(14)7-12(11)17-13/h4-5,7-8,15H,6H2,1-3H3. The first kappa shape index (κ1) is 11.9. The van der Waals surface area contributed by atoms with E-state index in [0.717, 1.165) is 23.3 Å². The van der Waals surface area contributed by atoms with Crippen molar-refractivity contribution in [3.05, 3.63) is 35.5 Å². The summed E-state index contributed by atoms with van der Waals surface area (Å²) >= 11 is 0. The van der Waals surface area contributed by atoms with Gasteiger partial charge in [-0.15, -0.1) is 0 Å². The number of halogens is 1. The van der Waals surface area contributed by atoms with E-state index >= 15 is 0 Å². The third kappa shape index (κ3) is 2.58. The Balaban J connectivity index is 2.46. The number of nitrogens with zero attached hydrogens (tertiary/aromatic N) is 2. The maximum absolute atomic E-state index is 13.2. The Morgan fingerprint density at radius 2 is 2.12 bits per heavy atom. The quantitative estimate of drug-likeness (QED) is 0.883. The largest absolute Gasteiger partial charge is 0.317 e. The Labute approximate surface area is 100 Å². The van der Waals surface area contributed by atoms with E-state index in [0.29, 0.717) is 11.6 Å². The molecule has 90 valence electrons.